The number of benzene rings is 2. The first-order valence-corrected chi connectivity index (χ1v) is 11.0. The normalized spacial score (nSPS) is 19.1. The van der Waals surface area contributed by atoms with Crippen molar-refractivity contribution in [1.82, 2.24) is 14.5 Å². The minimum atomic E-state index is -1.55. The molecule has 1 saturated heterocycles. The number of rotatable bonds is 4. The zero-order valence-electron chi connectivity index (χ0n) is 19.1. The summed E-state index contributed by atoms with van der Waals surface area (Å²) in [5.74, 6) is -3.85. The highest BCUT2D eigenvalue weighted by Crippen LogP contribution is 2.36. The molecule has 0 radical (unpaired) electrons. The van der Waals surface area contributed by atoms with E-state index in [2.05, 4.69) is 4.98 Å². The van der Waals surface area contributed by atoms with E-state index >= 15 is 0 Å². The number of ether oxygens (including phenoxy) is 2. The van der Waals surface area contributed by atoms with Crippen molar-refractivity contribution in [3.8, 4) is 11.4 Å². The van der Waals surface area contributed by atoms with Crippen molar-refractivity contribution in [1.29, 1.82) is 0 Å². The number of fused-ring (bicyclic) bond motifs is 1. The van der Waals surface area contributed by atoms with Gasteiger partial charge < -0.3 is 18.9 Å². The quantitative estimate of drug-likeness (QED) is 0.394. The lowest BCUT2D eigenvalue weighted by Gasteiger charge is -2.40. The zero-order chi connectivity index (χ0) is 24.7. The van der Waals surface area contributed by atoms with Crippen molar-refractivity contribution in [3.63, 3.8) is 0 Å². The number of carbonyl (C=O) groups excluding carboxylic acids is 1. The third kappa shape index (κ3) is 4.23. The van der Waals surface area contributed by atoms with Gasteiger partial charge in [0, 0.05) is 17.5 Å². The number of morpholine rings is 1. The van der Waals surface area contributed by atoms with Gasteiger partial charge in [-0.15, -0.1) is 0 Å². The van der Waals surface area contributed by atoms with Crippen LogP contribution in [0.3, 0.4) is 0 Å². The molecular weight excluding hydrogens is 459 g/mol. The number of carbonyl (C=O) groups is 1. The molecule has 9 heteroatoms. The summed E-state index contributed by atoms with van der Waals surface area (Å²) in [6.07, 6.45) is 7.57. The maximum Gasteiger partial charge on any atom is 0.255 e. The number of hydrogen-bond acceptors (Lipinski definition) is 4. The van der Waals surface area contributed by atoms with E-state index in [-0.39, 0.29) is 24.7 Å². The number of hydrogen-bond donors (Lipinski definition) is 0. The Bertz CT molecular complexity index is 1360. The lowest BCUT2D eigenvalue weighted by molar-refractivity contribution is -0.132. The van der Waals surface area contributed by atoms with Crippen LogP contribution < -0.4 is 4.74 Å². The fourth-order valence-corrected chi connectivity index (χ4v) is 4.40. The summed E-state index contributed by atoms with van der Waals surface area (Å²) in [5, 5.41) is 0. The molecule has 0 N–H and O–H groups in total. The van der Waals surface area contributed by atoms with Crippen molar-refractivity contribution < 1.29 is 27.4 Å². The Labute approximate surface area is 199 Å². The van der Waals surface area contributed by atoms with Crippen molar-refractivity contribution in [2.75, 3.05) is 20.3 Å². The van der Waals surface area contributed by atoms with Crippen molar-refractivity contribution in [2.24, 2.45) is 0 Å². The van der Waals surface area contributed by atoms with Crippen LogP contribution in [0.2, 0.25) is 0 Å². The van der Waals surface area contributed by atoms with E-state index in [4.69, 9.17) is 9.47 Å². The number of halogens is 3. The molecular formula is C26H22F3N3O3. The summed E-state index contributed by atoms with van der Waals surface area (Å²) < 4.78 is 54.3. The Morgan fingerprint density at radius 3 is 2.63 bits per heavy atom. The van der Waals surface area contributed by atoms with Gasteiger partial charge in [0.2, 0.25) is 0 Å². The number of methoxy groups -OCH3 is 1. The fourth-order valence-electron chi connectivity index (χ4n) is 4.40. The van der Waals surface area contributed by atoms with Gasteiger partial charge >= 0.3 is 0 Å². The van der Waals surface area contributed by atoms with E-state index < -0.39 is 23.5 Å². The minimum Gasteiger partial charge on any atom is -0.495 e. The molecule has 1 atom stereocenters. The van der Waals surface area contributed by atoms with Gasteiger partial charge in [0.25, 0.3) is 5.91 Å². The molecule has 2 aliphatic heterocycles. The molecule has 0 aliphatic carbocycles. The van der Waals surface area contributed by atoms with Gasteiger partial charge in [-0.2, -0.15) is 0 Å². The van der Waals surface area contributed by atoms with E-state index in [0.29, 0.717) is 23.4 Å². The first kappa shape index (κ1) is 22.9. The average molecular weight is 481 g/mol. The molecule has 1 fully saturated rings. The van der Waals surface area contributed by atoms with Gasteiger partial charge in [0.05, 0.1) is 44.1 Å². The molecule has 3 aromatic rings. The standard InChI is InChI=1S/C26H22F3N3O3/c1-15-11-31(14-30-15)22-6-3-16(8-24(22)34-2)7-17-4-5-19-12-35-13-23(32(19)26(17)33)18-9-20(27)25(29)21(28)10-18/h3,5-11,14,23H,4,12-13H2,1-2H3/t23-/m1/s1. The topological polar surface area (TPSA) is 56.6 Å². The van der Waals surface area contributed by atoms with E-state index in [9.17, 15) is 18.0 Å². The van der Waals surface area contributed by atoms with Crippen molar-refractivity contribution in [3.05, 3.63) is 94.5 Å². The van der Waals surface area contributed by atoms with Crippen LogP contribution in [0.15, 0.2) is 60.2 Å². The number of aryl methyl sites for hydroxylation is 1. The number of aromatic nitrogens is 2. The van der Waals surface area contributed by atoms with Crippen LogP contribution in [0, 0.1) is 24.4 Å². The van der Waals surface area contributed by atoms with Crippen LogP contribution in [-0.4, -0.2) is 40.7 Å². The summed E-state index contributed by atoms with van der Waals surface area (Å²) in [5.41, 5.74) is 3.67. The Morgan fingerprint density at radius 1 is 1.17 bits per heavy atom. The van der Waals surface area contributed by atoms with Crippen LogP contribution in [0.25, 0.3) is 11.8 Å². The third-order valence-electron chi connectivity index (χ3n) is 6.12. The zero-order valence-corrected chi connectivity index (χ0v) is 19.1. The molecule has 1 aromatic heterocycles. The van der Waals surface area contributed by atoms with Crippen LogP contribution in [0.5, 0.6) is 5.75 Å². The highest BCUT2D eigenvalue weighted by atomic mass is 19.2. The lowest BCUT2D eigenvalue weighted by Crippen LogP contribution is -2.44. The van der Waals surface area contributed by atoms with Gasteiger partial charge in [-0.25, -0.2) is 18.2 Å². The highest BCUT2D eigenvalue weighted by molar-refractivity contribution is 6.00. The smallest absolute Gasteiger partial charge is 0.255 e. The van der Waals surface area contributed by atoms with Crippen LogP contribution in [-0.2, 0) is 9.53 Å². The summed E-state index contributed by atoms with van der Waals surface area (Å²) in [6, 6.07) is 6.60. The number of nitrogens with zero attached hydrogens (tertiary/aromatic N) is 3. The molecule has 2 aromatic carbocycles. The second kappa shape index (κ2) is 9.07. The molecule has 6 nitrogen and oxygen atoms in total. The highest BCUT2D eigenvalue weighted by Gasteiger charge is 2.36. The van der Waals surface area contributed by atoms with Crippen molar-refractivity contribution in [2.45, 2.75) is 19.4 Å². The molecule has 3 heterocycles. The summed E-state index contributed by atoms with van der Waals surface area (Å²) >= 11 is 0. The maximum atomic E-state index is 13.9. The molecule has 35 heavy (non-hydrogen) atoms. The van der Waals surface area contributed by atoms with Gasteiger partial charge in [-0.3, -0.25) is 4.79 Å². The summed E-state index contributed by atoms with van der Waals surface area (Å²) in [7, 11) is 1.57. The Kier molecular flexibility index (Phi) is 5.94. The van der Waals surface area contributed by atoms with E-state index in [0.717, 1.165) is 29.1 Å². The first-order valence-electron chi connectivity index (χ1n) is 11.0. The predicted octanol–water partition coefficient (Wildman–Crippen LogP) is 4.88. The number of imidazole rings is 1. The van der Waals surface area contributed by atoms with Crippen molar-refractivity contribution >= 4 is 12.0 Å². The number of allylic oxidation sites excluding steroid dienone is 1. The third-order valence-corrected chi connectivity index (χ3v) is 6.12. The van der Waals surface area contributed by atoms with E-state index in [1.54, 1.807) is 19.5 Å². The molecule has 0 spiro atoms. The molecule has 0 saturated carbocycles. The van der Waals surface area contributed by atoms with Crippen LogP contribution in [0.4, 0.5) is 13.2 Å². The second-order valence-electron chi connectivity index (χ2n) is 8.43. The molecule has 0 bridgehead atoms. The molecule has 180 valence electrons. The summed E-state index contributed by atoms with van der Waals surface area (Å²) in [6.45, 7) is 2.13. The van der Waals surface area contributed by atoms with Gasteiger partial charge in [0.15, 0.2) is 17.5 Å². The van der Waals surface area contributed by atoms with E-state index in [1.165, 1.54) is 4.90 Å². The first-order chi connectivity index (χ1) is 16.9. The lowest BCUT2D eigenvalue weighted by atomic mass is 9.96. The minimum absolute atomic E-state index is 0.0354. The predicted molar refractivity (Wildman–Crippen MR) is 122 cm³/mol. The van der Waals surface area contributed by atoms with Gasteiger partial charge in [-0.1, -0.05) is 12.1 Å². The monoisotopic (exact) mass is 481 g/mol. The fraction of sp³-hybridized carbons (Fsp3) is 0.231. The Morgan fingerprint density at radius 2 is 1.94 bits per heavy atom. The van der Waals surface area contributed by atoms with Crippen LogP contribution in [0.1, 0.15) is 29.3 Å². The maximum absolute atomic E-state index is 13.9. The molecule has 5 rings (SSSR count). The Hall–Kier alpha value is -3.85. The van der Waals surface area contributed by atoms with Crippen LogP contribution >= 0.6 is 0 Å². The summed E-state index contributed by atoms with van der Waals surface area (Å²) in [4.78, 5) is 19.2. The number of amides is 1. The molecule has 2 aliphatic rings. The molecule has 1 amide bonds. The molecule has 0 unspecified atom stereocenters. The second-order valence-corrected chi connectivity index (χ2v) is 8.43. The average Bonchev–Trinajstić information content (AvgIpc) is 3.29. The Balaban J connectivity index is 1.48. The van der Waals surface area contributed by atoms with Gasteiger partial charge in [0.1, 0.15) is 5.75 Å². The van der Waals surface area contributed by atoms with Gasteiger partial charge in [-0.05, 0) is 54.8 Å². The largest absolute Gasteiger partial charge is 0.495 e. The van der Waals surface area contributed by atoms with E-state index in [1.807, 2.05) is 42.0 Å². The SMILES string of the molecule is COc1cc(C=C2CC=C3COC[C@H](c4cc(F)c(F)c(F)c4)N3C2=O)ccc1-n1cnc(C)c1.